The van der Waals surface area contributed by atoms with Crippen molar-refractivity contribution in [1.29, 1.82) is 0 Å². The van der Waals surface area contributed by atoms with E-state index in [2.05, 4.69) is 60.3 Å². The second-order valence-corrected chi connectivity index (χ2v) is 13.4. The van der Waals surface area contributed by atoms with Crippen molar-refractivity contribution in [3.8, 4) is 0 Å². The van der Waals surface area contributed by atoms with E-state index in [1.54, 1.807) is 0 Å². The molecule has 1 aliphatic rings. The molecule has 0 spiro atoms. The molecule has 0 N–H and O–H groups in total. The quantitative estimate of drug-likeness (QED) is 0.473. The topological polar surface area (TPSA) is 3.24 Å². The van der Waals surface area contributed by atoms with E-state index in [-0.39, 0.29) is 0 Å². The standard InChI is InChI=1S/C17H34N.2C2H6.In/c1-14(2)17(7,8)18-11-9-10-15(3,4)12-16(5,6)13-18;2*1-2;/h9-13H2,1-8H3;2*1-2H3;. The van der Waals surface area contributed by atoms with Gasteiger partial charge in [0.15, 0.2) is 0 Å². The van der Waals surface area contributed by atoms with Crippen LogP contribution in [0, 0.1) is 10.8 Å². The van der Waals surface area contributed by atoms with E-state index >= 15 is 0 Å². The van der Waals surface area contributed by atoms with E-state index < -0.39 is 0 Å². The zero-order valence-corrected chi connectivity index (χ0v) is 21.9. The van der Waals surface area contributed by atoms with Gasteiger partial charge in [-0.15, -0.1) is 0 Å². The molecule has 23 heavy (non-hydrogen) atoms. The molecule has 0 atom stereocenters. The van der Waals surface area contributed by atoms with Gasteiger partial charge in [0.25, 0.3) is 0 Å². The van der Waals surface area contributed by atoms with Crippen molar-refractivity contribution in [1.82, 2.24) is 4.90 Å². The first-order valence-electron chi connectivity index (χ1n) is 9.81. The minimum atomic E-state index is 0.313. The van der Waals surface area contributed by atoms with E-state index in [1.807, 2.05) is 27.7 Å². The summed E-state index contributed by atoms with van der Waals surface area (Å²) in [6.07, 6.45) is 4.06. The van der Waals surface area contributed by atoms with Crippen LogP contribution in [-0.4, -0.2) is 47.9 Å². The van der Waals surface area contributed by atoms with Crippen LogP contribution >= 0.6 is 0 Å². The summed E-state index contributed by atoms with van der Waals surface area (Å²) in [5, 5.41) is 0. The Labute approximate surface area is 163 Å². The first-order chi connectivity index (χ1) is 10.3. The first kappa shape index (κ1) is 26.1. The third-order valence-corrected chi connectivity index (χ3v) is 7.24. The number of likely N-dealkylation sites (tertiary alicyclic amines) is 1. The van der Waals surface area contributed by atoms with E-state index in [1.165, 1.54) is 56.7 Å². The van der Waals surface area contributed by atoms with Gasteiger partial charge in [-0.25, -0.2) is 0 Å². The van der Waals surface area contributed by atoms with Crippen LogP contribution in [0.4, 0.5) is 0 Å². The van der Waals surface area contributed by atoms with Gasteiger partial charge in [-0.05, 0) is 0 Å². The second-order valence-electron chi connectivity index (χ2n) is 9.31. The van der Waals surface area contributed by atoms with Crippen LogP contribution < -0.4 is 0 Å². The summed E-state index contributed by atoms with van der Waals surface area (Å²) >= 11 is 1.32. The zero-order valence-electron chi connectivity index (χ0n) is 18.6. The number of rotatable bonds is 2. The third-order valence-electron chi connectivity index (χ3n) is 5.22. The monoisotopic (exact) mass is 427 g/mol. The van der Waals surface area contributed by atoms with Crippen molar-refractivity contribution < 1.29 is 0 Å². The van der Waals surface area contributed by atoms with Crippen LogP contribution in [0.2, 0.25) is 3.17 Å². The fourth-order valence-electron chi connectivity index (χ4n) is 3.67. The number of hydrogen-bond acceptors (Lipinski definition) is 1. The van der Waals surface area contributed by atoms with E-state index in [4.69, 9.17) is 0 Å². The van der Waals surface area contributed by atoms with Crippen LogP contribution in [-0.2, 0) is 0 Å². The molecule has 1 heterocycles. The van der Waals surface area contributed by atoms with Gasteiger partial charge in [0.2, 0.25) is 0 Å². The first-order valence-corrected chi connectivity index (χ1v) is 11.5. The van der Waals surface area contributed by atoms with Crippen LogP contribution in [0.5, 0.6) is 0 Å². The normalized spacial score (nSPS) is 21.7. The Kier molecular flexibility index (Phi) is 11.4. The minimum absolute atomic E-state index is 0.313. The summed E-state index contributed by atoms with van der Waals surface area (Å²) in [7, 11) is 0. The van der Waals surface area contributed by atoms with Gasteiger partial charge in [-0.3, -0.25) is 0 Å². The molecule has 0 aromatic rings. The fraction of sp³-hybridized carbons (Fsp3) is 1.00. The molecule has 1 fully saturated rings. The Morgan fingerprint density at radius 2 is 1.26 bits per heavy atom. The van der Waals surface area contributed by atoms with Crippen LogP contribution in [0.15, 0.2) is 0 Å². The summed E-state index contributed by atoms with van der Waals surface area (Å²) in [4.78, 5) is 2.78. The molecule has 0 amide bonds. The average Bonchev–Trinajstić information content (AvgIpc) is 2.37. The predicted molar refractivity (Wildman–Crippen MR) is 110 cm³/mol. The SMILES string of the molecule is CC.CC.CC1(C)CCCN(C(C)(C)[C](C)(C)[In])CC(C)(C)C1. The summed E-state index contributed by atoms with van der Waals surface area (Å²) < 4.78 is 0.447. The van der Waals surface area contributed by atoms with Gasteiger partial charge in [0, 0.05) is 0 Å². The molecule has 0 aromatic carbocycles. The Bertz CT molecular complexity index is 310. The molecule has 0 aromatic heterocycles. The molecule has 1 rings (SSSR count). The van der Waals surface area contributed by atoms with Crippen LogP contribution in [0.25, 0.3) is 0 Å². The Hall–Kier alpha value is 0.830. The van der Waals surface area contributed by atoms with Crippen LogP contribution in [0.1, 0.15) is 102 Å². The Morgan fingerprint density at radius 1 is 0.826 bits per heavy atom. The molecule has 1 saturated heterocycles. The molecule has 0 bridgehead atoms. The maximum atomic E-state index is 2.78. The predicted octanol–water partition coefficient (Wildman–Crippen LogP) is 6.72. The molecule has 138 valence electrons. The summed E-state index contributed by atoms with van der Waals surface area (Å²) in [5.74, 6) is 0. The van der Waals surface area contributed by atoms with Crippen molar-refractivity contribution >= 4 is 24.4 Å². The van der Waals surface area contributed by atoms with Gasteiger partial charge < -0.3 is 0 Å². The molecule has 2 heteroatoms. The van der Waals surface area contributed by atoms with Gasteiger partial charge in [-0.1, -0.05) is 27.7 Å². The molecule has 1 aliphatic heterocycles. The van der Waals surface area contributed by atoms with E-state index in [9.17, 15) is 0 Å². The zero-order chi connectivity index (χ0) is 19.1. The van der Waals surface area contributed by atoms with Crippen molar-refractivity contribution in [2.45, 2.75) is 111 Å². The Balaban J connectivity index is 0. The van der Waals surface area contributed by atoms with Gasteiger partial charge in [0.1, 0.15) is 0 Å². The fourth-order valence-corrected chi connectivity index (χ4v) is 4.19. The summed E-state index contributed by atoms with van der Waals surface area (Å²) in [6.45, 7) is 30.1. The average molecular weight is 427 g/mol. The van der Waals surface area contributed by atoms with Crippen molar-refractivity contribution in [2.75, 3.05) is 13.1 Å². The summed E-state index contributed by atoms with van der Waals surface area (Å²) in [5.41, 5.74) is 1.25. The van der Waals surface area contributed by atoms with Crippen LogP contribution in [0.3, 0.4) is 0 Å². The molecule has 0 unspecified atom stereocenters. The van der Waals surface area contributed by atoms with Gasteiger partial charge >= 0.3 is 137 Å². The second kappa shape index (κ2) is 10.1. The molecule has 0 saturated carbocycles. The van der Waals surface area contributed by atoms with Crippen molar-refractivity contribution in [3.63, 3.8) is 0 Å². The third kappa shape index (κ3) is 8.66. The molecule has 2 radical (unpaired) electrons. The Morgan fingerprint density at radius 3 is 1.65 bits per heavy atom. The van der Waals surface area contributed by atoms with Crippen molar-refractivity contribution in [2.24, 2.45) is 10.8 Å². The molecule has 0 aliphatic carbocycles. The molecular weight excluding hydrogens is 381 g/mol. The van der Waals surface area contributed by atoms with Gasteiger partial charge in [-0.2, -0.15) is 0 Å². The van der Waals surface area contributed by atoms with E-state index in [0.29, 0.717) is 19.5 Å². The van der Waals surface area contributed by atoms with Gasteiger partial charge in [0.05, 0.1) is 0 Å². The molecule has 1 nitrogen and oxygen atoms in total. The summed E-state index contributed by atoms with van der Waals surface area (Å²) in [6, 6.07) is 0. The van der Waals surface area contributed by atoms with Crippen molar-refractivity contribution in [3.05, 3.63) is 0 Å². The maximum absolute atomic E-state index is 2.78. The molecular formula is C21H46InN. The van der Waals surface area contributed by atoms with E-state index in [0.717, 1.165) is 0 Å². The number of hydrogen-bond donors (Lipinski definition) is 0. The number of nitrogens with zero attached hydrogens (tertiary/aromatic N) is 1.